The zero-order valence-electron chi connectivity index (χ0n) is 19.4. The Morgan fingerprint density at radius 3 is 2.64 bits per heavy atom. The van der Waals surface area contributed by atoms with E-state index in [-0.39, 0.29) is 29.3 Å². The summed E-state index contributed by atoms with van der Waals surface area (Å²) in [6.45, 7) is 6.77. The highest BCUT2D eigenvalue weighted by Gasteiger charge is 2.28. The number of primary amides is 1. The number of hydrogen-bond acceptors (Lipinski definition) is 6. The molecule has 1 saturated carbocycles. The number of halogens is 1. The van der Waals surface area contributed by atoms with Crippen LogP contribution in [0.1, 0.15) is 56.1 Å². The number of aryl methyl sites for hydroxylation is 2. The number of carbonyl (C=O) groups excluding carboxylic acids is 1. The van der Waals surface area contributed by atoms with Crippen molar-refractivity contribution in [3.8, 4) is 0 Å². The van der Waals surface area contributed by atoms with Crippen molar-refractivity contribution in [2.45, 2.75) is 65.1 Å². The Morgan fingerprint density at radius 1 is 1.27 bits per heavy atom. The molecular weight excluding hydrogens is 421 g/mol. The Kier molecular flexibility index (Phi) is 6.51. The lowest BCUT2D eigenvalue weighted by Crippen LogP contribution is -2.39. The minimum Gasteiger partial charge on any atom is -0.365 e. The van der Waals surface area contributed by atoms with Crippen LogP contribution in [0.3, 0.4) is 0 Å². The molecule has 0 saturated heterocycles. The molecule has 1 aromatic carbocycles. The van der Waals surface area contributed by atoms with Gasteiger partial charge in [-0.25, -0.2) is 9.37 Å². The lowest BCUT2D eigenvalue weighted by atomic mass is 10.0. The molecule has 1 amide bonds. The van der Waals surface area contributed by atoms with E-state index >= 15 is 0 Å². The maximum Gasteiger partial charge on any atom is 0.252 e. The molecular formula is C24H32FN7O. The quantitative estimate of drug-likeness (QED) is 0.369. The third-order valence-corrected chi connectivity index (χ3v) is 6.21. The zero-order valence-corrected chi connectivity index (χ0v) is 19.4. The van der Waals surface area contributed by atoms with Gasteiger partial charge in [0, 0.05) is 29.7 Å². The molecule has 1 aliphatic rings. The summed E-state index contributed by atoms with van der Waals surface area (Å²) >= 11 is 0. The van der Waals surface area contributed by atoms with Crippen molar-refractivity contribution >= 4 is 34.1 Å². The van der Waals surface area contributed by atoms with E-state index in [9.17, 15) is 9.18 Å². The molecule has 6 N–H and O–H groups in total. The first-order valence-corrected chi connectivity index (χ1v) is 11.6. The standard InChI is InChI=1S/C24H32FN7O/c1-4-19-16-11-15(8-9-21(16)32(5-2)31-19)28-23-17(22(27)33)12-18(25)24(30-23)29-20(13(3)26)10-14-6-7-14/h8-9,11-14,20H,4-7,10,26H2,1-3H3,(H2,27,33)(H2,28,29,30). The van der Waals surface area contributed by atoms with Crippen molar-refractivity contribution in [1.29, 1.82) is 0 Å². The molecule has 1 aliphatic carbocycles. The van der Waals surface area contributed by atoms with Gasteiger partial charge in [-0.3, -0.25) is 9.48 Å². The molecule has 9 heteroatoms. The van der Waals surface area contributed by atoms with Crippen molar-refractivity contribution in [3.05, 3.63) is 41.3 Å². The molecule has 2 heterocycles. The van der Waals surface area contributed by atoms with Crippen LogP contribution >= 0.6 is 0 Å². The molecule has 2 unspecified atom stereocenters. The van der Waals surface area contributed by atoms with Gasteiger partial charge in [0.05, 0.1) is 16.8 Å². The van der Waals surface area contributed by atoms with Crippen molar-refractivity contribution in [3.63, 3.8) is 0 Å². The highest BCUT2D eigenvalue weighted by atomic mass is 19.1. The highest BCUT2D eigenvalue weighted by molar-refractivity contribution is 5.99. The van der Waals surface area contributed by atoms with E-state index in [0.717, 1.165) is 42.0 Å². The smallest absolute Gasteiger partial charge is 0.252 e. The average molecular weight is 454 g/mol. The second kappa shape index (κ2) is 9.35. The predicted octanol–water partition coefficient (Wildman–Crippen LogP) is 3.92. The van der Waals surface area contributed by atoms with E-state index in [1.807, 2.05) is 36.7 Å². The highest BCUT2D eigenvalue weighted by Crippen LogP contribution is 2.35. The monoisotopic (exact) mass is 453 g/mol. The molecule has 4 rings (SSSR count). The number of nitrogens with one attached hydrogen (secondary N) is 2. The van der Waals surface area contributed by atoms with Crippen LogP contribution in [0.4, 0.5) is 21.7 Å². The van der Waals surface area contributed by atoms with Crippen molar-refractivity contribution < 1.29 is 9.18 Å². The van der Waals surface area contributed by atoms with Crippen molar-refractivity contribution in [2.75, 3.05) is 10.6 Å². The normalized spacial score (nSPS) is 15.4. The number of hydrogen-bond donors (Lipinski definition) is 4. The number of aromatic nitrogens is 3. The van der Waals surface area contributed by atoms with E-state index < -0.39 is 11.7 Å². The van der Waals surface area contributed by atoms with Gasteiger partial charge in [-0.1, -0.05) is 19.8 Å². The fraction of sp³-hybridized carbons (Fsp3) is 0.458. The molecule has 0 spiro atoms. The maximum atomic E-state index is 14.8. The SMILES string of the molecule is CCc1nn(CC)c2ccc(Nc3nc(NC(CC4CC4)C(C)N)c(F)cc3C(N)=O)cc12. The molecule has 33 heavy (non-hydrogen) atoms. The van der Waals surface area contributed by atoms with Gasteiger partial charge in [-0.15, -0.1) is 0 Å². The summed E-state index contributed by atoms with van der Waals surface area (Å²) in [5.41, 5.74) is 14.4. The number of fused-ring (bicyclic) bond motifs is 1. The van der Waals surface area contributed by atoms with E-state index in [1.165, 1.54) is 12.8 Å². The van der Waals surface area contributed by atoms with Crippen molar-refractivity contribution in [1.82, 2.24) is 14.8 Å². The Labute approximate surface area is 192 Å². The molecule has 0 radical (unpaired) electrons. The second-order valence-corrected chi connectivity index (χ2v) is 8.84. The summed E-state index contributed by atoms with van der Waals surface area (Å²) in [5, 5.41) is 12.0. The first-order valence-electron chi connectivity index (χ1n) is 11.6. The topological polar surface area (TPSA) is 124 Å². The lowest BCUT2D eigenvalue weighted by molar-refractivity contribution is 0.100. The Bertz CT molecular complexity index is 1170. The third-order valence-electron chi connectivity index (χ3n) is 6.21. The average Bonchev–Trinajstić information content (AvgIpc) is 3.53. The molecule has 176 valence electrons. The van der Waals surface area contributed by atoms with Gasteiger partial charge in [-0.05, 0) is 56.9 Å². The summed E-state index contributed by atoms with van der Waals surface area (Å²) < 4.78 is 16.8. The molecule has 0 bridgehead atoms. The Morgan fingerprint density at radius 2 is 2.03 bits per heavy atom. The first-order chi connectivity index (χ1) is 15.8. The van der Waals surface area contributed by atoms with Crippen LogP contribution < -0.4 is 22.1 Å². The van der Waals surface area contributed by atoms with E-state index in [4.69, 9.17) is 11.5 Å². The zero-order chi connectivity index (χ0) is 23.7. The van der Waals surface area contributed by atoms with Gasteiger partial charge in [0.2, 0.25) is 0 Å². The number of pyridine rings is 1. The van der Waals surface area contributed by atoms with Crippen LogP contribution in [0.25, 0.3) is 10.9 Å². The minimum atomic E-state index is -0.758. The van der Waals surface area contributed by atoms with Crippen LogP contribution in [0, 0.1) is 11.7 Å². The van der Waals surface area contributed by atoms with Crippen LogP contribution in [0.5, 0.6) is 0 Å². The molecule has 2 atom stereocenters. The lowest BCUT2D eigenvalue weighted by Gasteiger charge is -2.24. The fourth-order valence-corrected chi connectivity index (χ4v) is 4.13. The Balaban J connectivity index is 1.68. The molecule has 0 aliphatic heterocycles. The summed E-state index contributed by atoms with van der Waals surface area (Å²) in [6.07, 6.45) is 4.00. The number of carbonyl (C=O) groups is 1. The van der Waals surface area contributed by atoms with Gasteiger partial charge >= 0.3 is 0 Å². The van der Waals surface area contributed by atoms with E-state index in [0.29, 0.717) is 11.6 Å². The number of anilines is 3. The summed E-state index contributed by atoms with van der Waals surface area (Å²) in [4.78, 5) is 16.4. The number of rotatable bonds is 10. The van der Waals surface area contributed by atoms with Crippen LogP contribution in [-0.2, 0) is 13.0 Å². The summed E-state index contributed by atoms with van der Waals surface area (Å²) in [7, 11) is 0. The maximum absolute atomic E-state index is 14.8. The second-order valence-electron chi connectivity index (χ2n) is 8.84. The number of amides is 1. The largest absolute Gasteiger partial charge is 0.365 e. The van der Waals surface area contributed by atoms with E-state index in [2.05, 4.69) is 27.6 Å². The molecule has 8 nitrogen and oxygen atoms in total. The van der Waals surface area contributed by atoms with Crippen LogP contribution in [0.15, 0.2) is 24.3 Å². The van der Waals surface area contributed by atoms with Crippen molar-refractivity contribution in [2.24, 2.45) is 17.4 Å². The first kappa shape index (κ1) is 23.0. The number of benzene rings is 1. The number of nitrogens with two attached hydrogens (primary N) is 2. The van der Waals surface area contributed by atoms with Gasteiger partial charge in [0.25, 0.3) is 5.91 Å². The molecule has 1 fully saturated rings. The van der Waals surface area contributed by atoms with Crippen LogP contribution in [-0.4, -0.2) is 32.8 Å². The summed E-state index contributed by atoms with van der Waals surface area (Å²) in [5.74, 6) is -0.529. The predicted molar refractivity (Wildman–Crippen MR) is 129 cm³/mol. The fourth-order valence-electron chi connectivity index (χ4n) is 4.13. The van der Waals surface area contributed by atoms with Gasteiger partial charge < -0.3 is 22.1 Å². The van der Waals surface area contributed by atoms with Gasteiger partial charge in [0.15, 0.2) is 11.6 Å². The van der Waals surface area contributed by atoms with E-state index in [1.54, 1.807) is 0 Å². The third kappa shape index (κ3) is 4.93. The molecule has 2 aromatic heterocycles. The summed E-state index contributed by atoms with van der Waals surface area (Å²) in [6, 6.07) is 6.66. The van der Waals surface area contributed by atoms with Gasteiger partial charge in [0.1, 0.15) is 5.82 Å². The van der Waals surface area contributed by atoms with Gasteiger partial charge in [-0.2, -0.15) is 5.10 Å². The Hall–Kier alpha value is -3.20. The number of nitrogens with zero attached hydrogens (tertiary/aromatic N) is 3. The van der Waals surface area contributed by atoms with Crippen LogP contribution in [0.2, 0.25) is 0 Å². The minimum absolute atomic E-state index is 0.0161. The molecule has 3 aromatic rings.